The lowest BCUT2D eigenvalue weighted by molar-refractivity contribution is -0.113. The number of hydrogen-bond acceptors (Lipinski definition) is 7. The first-order valence-electron chi connectivity index (χ1n) is 15.2. The summed E-state index contributed by atoms with van der Waals surface area (Å²) in [6, 6.07) is 27.1. The van der Waals surface area contributed by atoms with Gasteiger partial charge in [0.25, 0.3) is 5.91 Å². The maximum atomic E-state index is 13.4. The van der Waals surface area contributed by atoms with Gasteiger partial charge in [-0.05, 0) is 60.5 Å². The van der Waals surface area contributed by atoms with Crippen molar-refractivity contribution in [2.24, 2.45) is 4.99 Å². The second-order valence-electron chi connectivity index (χ2n) is 11.4. The average molecular weight is 639 g/mol. The van der Waals surface area contributed by atoms with Crippen molar-refractivity contribution in [1.29, 1.82) is 0 Å². The summed E-state index contributed by atoms with van der Waals surface area (Å²) in [6.07, 6.45) is 5.46. The quantitative estimate of drug-likeness (QED) is 0.260. The molecular formula is C34H34N6O3S2. The number of aromatic nitrogens is 2. The lowest BCUT2D eigenvalue weighted by Gasteiger charge is -2.35. The lowest BCUT2D eigenvalue weighted by Crippen LogP contribution is -2.47. The van der Waals surface area contributed by atoms with Crippen molar-refractivity contribution < 1.29 is 13.2 Å². The summed E-state index contributed by atoms with van der Waals surface area (Å²) in [6.45, 7) is 5.38. The molecule has 9 nitrogen and oxygen atoms in total. The van der Waals surface area contributed by atoms with Crippen LogP contribution < -0.4 is 0 Å². The number of para-hydroxylation sites is 1. The maximum absolute atomic E-state index is 13.4. The van der Waals surface area contributed by atoms with E-state index in [9.17, 15) is 13.2 Å². The van der Waals surface area contributed by atoms with Crippen LogP contribution in [-0.2, 0) is 21.4 Å². The molecule has 4 heterocycles. The molecule has 0 bridgehead atoms. The summed E-state index contributed by atoms with van der Waals surface area (Å²) in [4.78, 5) is 23.0. The van der Waals surface area contributed by atoms with Gasteiger partial charge in [-0.25, -0.2) is 13.1 Å². The standard InChI is InChI=1S/C34H34N6O3S2/c41-33-31(44-34(35-33)38-20-18-37(19-21-38)24-26-10-3-1-4-11-26)23-28-25-40(29-13-5-2-6-14-29)36-32(28)27-12-9-15-30(22-27)45(42,43)39-16-7-8-17-39/h1-6,9-15,22-23,25H,7-8,16-21,24H2/b31-23-. The maximum Gasteiger partial charge on any atom is 0.286 e. The van der Waals surface area contributed by atoms with Gasteiger partial charge < -0.3 is 4.90 Å². The number of benzene rings is 3. The van der Waals surface area contributed by atoms with E-state index in [0.717, 1.165) is 62.0 Å². The Balaban J connectivity index is 1.14. The Bertz CT molecular complexity index is 1860. The number of carbonyl (C=O) groups is 1. The van der Waals surface area contributed by atoms with E-state index < -0.39 is 10.0 Å². The molecule has 1 amide bonds. The van der Waals surface area contributed by atoms with E-state index in [1.165, 1.54) is 17.3 Å². The molecule has 2 fully saturated rings. The Morgan fingerprint density at radius 2 is 1.53 bits per heavy atom. The zero-order valence-electron chi connectivity index (χ0n) is 24.8. The van der Waals surface area contributed by atoms with E-state index in [1.54, 1.807) is 27.2 Å². The van der Waals surface area contributed by atoms with E-state index in [0.29, 0.717) is 29.3 Å². The molecule has 0 atom stereocenters. The van der Waals surface area contributed by atoms with Gasteiger partial charge >= 0.3 is 0 Å². The molecular weight excluding hydrogens is 605 g/mol. The number of sulfonamides is 1. The summed E-state index contributed by atoms with van der Waals surface area (Å²) in [5.74, 6) is -0.273. The third-order valence-electron chi connectivity index (χ3n) is 8.36. The fraction of sp³-hybridized carbons (Fsp3) is 0.265. The number of nitrogens with zero attached hydrogens (tertiary/aromatic N) is 6. The Hall–Kier alpha value is -4.03. The molecule has 0 aliphatic carbocycles. The minimum Gasteiger partial charge on any atom is -0.348 e. The number of hydrogen-bond donors (Lipinski definition) is 0. The Morgan fingerprint density at radius 3 is 2.27 bits per heavy atom. The van der Waals surface area contributed by atoms with Gasteiger partial charge in [-0.15, -0.1) is 0 Å². The van der Waals surface area contributed by atoms with Crippen LogP contribution in [0.2, 0.25) is 0 Å². The number of aliphatic imine (C=N–C) groups is 1. The molecule has 1 aromatic heterocycles. The number of amides is 1. The number of thioether (sulfide) groups is 1. The second-order valence-corrected chi connectivity index (χ2v) is 14.4. The summed E-state index contributed by atoms with van der Waals surface area (Å²) in [7, 11) is -3.60. The van der Waals surface area contributed by atoms with Gasteiger partial charge in [-0.2, -0.15) is 14.4 Å². The summed E-state index contributed by atoms with van der Waals surface area (Å²) < 4.78 is 30.0. The first-order chi connectivity index (χ1) is 21.9. The van der Waals surface area contributed by atoms with Crippen molar-refractivity contribution in [2.75, 3.05) is 39.3 Å². The Labute approximate surface area is 267 Å². The van der Waals surface area contributed by atoms with Crippen molar-refractivity contribution in [2.45, 2.75) is 24.3 Å². The first kappa shape index (κ1) is 29.7. The van der Waals surface area contributed by atoms with Crippen molar-refractivity contribution in [3.63, 3.8) is 0 Å². The zero-order valence-corrected chi connectivity index (χ0v) is 26.5. The predicted molar refractivity (Wildman–Crippen MR) is 178 cm³/mol. The highest BCUT2D eigenvalue weighted by molar-refractivity contribution is 8.18. The van der Waals surface area contributed by atoms with Crippen LogP contribution in [0.1, 0.15) is 24.0 Å². The number of amidine groups is 1. The molecule has 0 N–H and O–H groups in total. The van der Waals surface area contributed by atoms with E-state index in [-0.39, 0.29) is 10.8 Å². The van der Waals surface area contributed by atoms with Gasteiger partial charge in [0.15, 0.2) is 5.17 Å². The van der Waals surface area contributed by atoms with Crippen LogP contribution in [-0.4, -0.2) is 82.6 Å². The number of rotatable bonds is 7. The monoisotopic (exact) mass is 638 g/mol. The van der Waals surface area contributed by atoms with Crippen LogP contribution in [0.15, 0.2) is 106 Å². The molecule has 3 aromatic carbocycles. The van der Waals surface area contributed by atoms with Gasteiger partial charge in [-0.3, -0.25) is 9.69 Å². The predicted octanol–water partition coefficient (Wildman–Crippen LogP) is 5.11. The molecule has 7 rings (SSSR count). The fourth-order valence-corrected chi connectivity index (χ4v) is 8.44. The third kappa shape index (κ3) is 6.39. The molecule has 11 heteroatoms. The van der Waals surface area contributed by atoms with E-state index in [4.69, 9.17) is 5.10 Å². The highest BCUT2D eigenvalue weighted by atomic mass is 32.2. The van der Waals surface area contributed by atoms with Gasteiger partial charge in [0.1, 0.15) is 5.69 Å². The number of carbonyl (C=O) groups excluding carboxylic acids is 1. The smallest absolute Gasteiger partial charge is 0.286 e. The van der Waals surface area contributed by atoms with Gasteiger partial charge in [0, 0.05) is 63.1 Å². The molecule has 0 saturated carbocycles. The second kappa shape index (κ2) is 12.8. The third-order valence-corrected chi connectivity index (χ3v) is 11.3. The van der Waals surface area contributed by atoms with Gasteiger partial charge in [0.05, 0.1) is 15.5 Å². The highest BCUT2D eigenvalue weighted by Gasteiger charge is 2.30. The van der Waals surface area contributed by atoms with Crippen LogP contribution in [0.5, 0.6) is 0 Å². The number of piperazine rings is 1. The summed E-state index contributed by atoms with van der Waals surface area (Å²) in [5, 5.41) is 5.60. The van der Waals surface area contributed by atoms with Crippen molar-refractivity contribution in [1.82, 2.24) is 23.9 Å². The molecule has 45 heavy (non-hydrogen) atoms. The molecule has 230 valence electrons. The molecule has 0 unspecified atom stereocenters. The van der Waals surface area contributed by atoms with Gasteiger partial charge in [0.2, 0.25) is 10.0 Å². The first-order valence-corrected chi connectivity index (χ1v) is 17.5. The van der Waals surface area contributed by atoms with Gasteiger partial charge in [-0.1, -0.05) is 60.7 Å². The summed E-state index contributed by atoms with van der Waals surface area (Å²) >= 11 is 1.39. The molecule has 4 aromatic rings. The Morgan fingerprint density at radius 1 is 0.822 bits per heavy atom. The fourth-order valence-electron chi connectivity index (χ4n) is 5.93. The SMILES string of the molecule is O=C1N=C(N2CCN(Cc3ccccc3)CC2)S/C1=C\c1cn(-c2ccccc2)nc1-c1cccc(S(=O)(=O)N2CCCC2)c1. The zero-order chi connectivity index (χ0) is 30.8. The van der Waals surface area contributed by atoms with Crippen LogP contribution in [0.3, 0.4) is 0 Å². The molecule has 3 aliphatic heterocycles. The molecule has 0 spiro atoms. The molecule has 2 saturated heterocycles. The van der Waals surface area contributed by atoms with Crippen molar-refractivity contribution >= 4 is 38.9 Å². The van der Waals surface area contributed by atoms with Crippen LogP contribution in [0.4, 0.5) is 0 Å². The lowest BCUT2D eigenvalue weighted by atomic mass is 10.1. The largest absolute Gasteiger partial charge is 0.348 e. The van der Waals surface area contributed by atoms with E-state index >= 15 is 0 Å². The molecule has 3 aliphatic rings. The van der Waals surface area contributed by atoms with Crippen LogP contribution in [0, 0.1) is 0 Å². The van der Waals surface area contributed by atoms with E-state index in [2.05, 4.69) is 39.1 Å². The highest BCUT2D eigenvalue weighted by Crippen LogP contribution is 2.34. The van der Waals surface area contributed by atoms with Crippen LogP contribution >= 0.6 is 11.8 Å². The van der Waals surface area contributed by atoms with E-state index in [1.807, 2.05) is 54.7 Å². The summed E-state index contributed by atoms with van der Waals surface area (Å²) in [5.41, 5.74) is 4.14. The minimum absolute atomic E-state index is 0.248. The van der Waals surface area contributed by atoms with Crippen molar-refractivity contribution in [3.05, 3.63) is 107 Å². The topological polar surface area (TPSA) is 91.1 Å². The van der Waals surface area contributed by atoms with Crippen LogP contribution in [0.25, 0.3) is 23.0 Å². The minimum atomic E-state index is -3.60. The van der Waals surface area contributed by atoms with Crippen molar-refractivity contribution in [3.8, 4) is 16.9 Å². The average Bonchev–Trinajstić information content (AvgIpc) is 3.84. The normalized spacial score (nSPS) is 19.0. The molecule has 0 radical (unpaired) electrons. The Kier molecular flexibility index (Phi) is 8.41.